The van der Waals surface area contributed by atoms with Crippen LogP contribution in [0.4, 0.5) is 5.69 Å². The maximum absolute atomic E-state index is 12.6. The summed E-state index contributed by atoms with van der Waals surface area (Å²) < 4.78 is 0. The molecule has 0 aliphatic carbocycles. The maximum atomic E-state index is 12.6. The SMILES string of the molecule is C[C@H]1C[C@@H](NC(=O)[C@@H](N)C(C)(C)C)CN(c2ccc(C#N)c3ncccc23)C1. The topological polar surface area (TPSA) is 95.0 Å². The van der Waals surface area contributed by atoms with Crippen LogP contribution in [0.3, 0.4) is 0 Å². The van der Waals surface area contributed by atoms with E-state index in [9.17, 15) is 10.1 Å². The van der Waals surface area contributed by atoms with Crippen LogP contribution in [0.5, 0.6) is 0 Å². The van der Waals surface area contributed by atoms with E-state index in [1.807, 2.05) is 45.0 Å². The summed E-state index contributed by atoms with van der Waals surface area (Å²) in [6, 6.07) is 9.41. The normalized spacial score (nSPS) is 21.2. The molecule has 1 aromatic carbocycles. The molecule has 2 heterocycles. The van der Waals surface area contributed by atoms with E-state index < -0.39 is 6.04 Å². The summed E-state index contributed by atoms with van der Waals surface area (Å²) in [5.74, 6) is 0.324. The van der Waals surface area contributed by atoms with Crippen molar-refractivity contribution in [1.82, 2.24) is 10.3 Å². The fourth-order valence-electron chi connectivity index (χ4n) is 3.86. The first-order valence-corrected chi connectivity index (χ1v) is 9.79. The van der Waals surface area contributed by atoms with Crippen LogP contribution < -0.4 is 16.0 Å². The van der Waals surface area contributed by atoms with Crippen LogP contribution in [0.25, 0.3) is 10.9 Å². The van der Waals surface area contributed by atoms with E-state index in [1.165, 1.54) is 0 Å². The Hall–Kier alpha value is -2.65. The Bertz CT molecular complexity index is 911. The third kappa shape index (κ3) is 4.10. The average molecular weight is 380 g/mol. The van der Waals surface area contributed by atoms with Gasteiger partial charge in [-0.3, -0.25) is 9.78 Å². The van der Waals surface area contributed by atoms with Crippen molar-refractivity contribution in [1.29, 1.82) is 5.26 Å². The van der Waals surface area contributed by atoms with E-state index >= 15 is 0 Å². The minimum absolute atomic E-state index is 0.0343. The molecule has 3 atom stereocenters. The van der Waals surface area contributed by atoms with Gasteiger partial charge in [0.25, 0.3) is 0 Å². The number of nitrogens with one attached hydrogen (secondary N) is 1. The van der Waals surface area contributed by atoms with Crippen LogP contribution in [-0.4, -0.2) is 36.1 Å². The summed E-state index contributed by atoms with van der Waals surface area (Å²) in [5, 5.41) is 13.5. The number of piperidine rings is 1. The van der Waals surface area contributed by atoms with Gasteiger partial charge in [0.2, 0.25) is 5.91 Å². The number of nitrogens with two attached hydrogens (primary N) is 1. The second kappa shape index (κ2) is 7.76. The number of rotatable bonds is 3. The number of hydrogen-bond acceptors (Lipinski definition) is 5. The van der Waals surface area contributed by atoms with Crippen molar-refractivity contribution >= 4 is 22.5 Å². The first kappa shape index (κ1) is 20.1. The van der Waals surface area contributed by atoms with Crippen molar-refractivity contribution in [3.8, 4) is 6.07 Å². The van der Waals surface area contributed by atoms with Crippen LogP contribution >= 0.6 is 0 Å². The first-order chi connectivity index (χ1) is 13.2. The van der Waals surface area contributed by atoms with Crippen LogP contribution in [0.1, 0.15) is 39.7 Å². The summed E-state index contributed by atoms with van der Waals surface area (Å²) in [5.41, 5.74) is 8.20. The van der Waals surface area contributed by atoms with Crippen molar-refractivity contribution in [3.05, 3.63) is 36.0 Å². The Balaban J connectivity index is 1.85. The zero-order valence-corrected chi connectivity index (χ0v) is 17.1. The predicted octanol–water partition coefficient (Wildman–Crippen LogP) is 2.81. The highest BCUT2D eigenvalue weighted by Crippen LogP contribution is 2.31. The van der Waals surface area contributed by atoms with Gasteiger partial charge in [-0.25, -0.2) is 0 Å². The predicted molar refractivity (Wildman–Crippen MR) is 112 cm³/mol. The molecule has 0 unspecified atom stereocenters. The molecule has 6 nitrogen and oxygen atoms in total. The molecule has 1 aliphatic heterocycles. The van der Waals surface area contributed by atoms with Gasteiger partial charge in [0, 0.05) is 36.4 Å². The number of nitrogens with zero attached hydrogens (tertiary/aromatic N) is 3. The third-order valence-electron chi connectivity index (χ3n) is 5.43. The zero-order chi connectivity index (χ0) is 20.5. The maximum Gasteiger partial charge on any atom is 0.237 e. The molecule has 0 radical (unpaired) electrons. The number of carbonyl (C=O) groups is 1. The molecule has 0 bridgehead atoms. The smallest absolute Gasteiger partial charge is 0.237 e. The third-order valence-corrected chi connectivity index (χ3v) is 5.43. The number of benzene rings is 1. The van der Waals surface area contributed by atoms with E-state index in [-0.39, 0.29) is 17.4 Å². The molecule has 2 aromatic rings. The molecule has 28 heavy (non-hydrogen) atoms. The van der Waals surface area contributed by atoms with Gasteiger partial charge in [-0.1, -0.05) is 27.7 Å². The molecule has 1 aliphatic rings. The largest absolute Gasteiger partial charge is 0.369 e. The van der Waals surface area contributed by atoms with Crippen LogP contribution in [0.15, 0.2) is 30.5 Å². The van der Waals surface area contributed by atoms with E-state index in [4.69, 9.17) is 5.73 Å². The molecule has 1 fully saturated rings. The molecular weight excluding hydrogens is 350 g/mol. The minimum atomic E-state index is -0.543. The molecule has 6 heteroatoms. The number of amides is 1. The van der Waals surface area contributed by atoms with Gasteiger partial charge in [0.15, 0.2) is 0 Å². The highest BCUT2D eigenvalue weighted by Gasteiger charge is 2.32. The second-order valence-corrected chi connectivity index (χ2v) is 8.94. The highest BCUT2D eigenvalue weighted by atomic mass is 16.2. The number of fused-ring (bicyclic) bond motifs is 1. The van der Waals surface area contributed by atoms with Gasteiger partial charge in [0.1, 0.15) is 6.07 Å². The van der Waals surface area contributed by atoms with Gasteiger partial charge in [-0.2, -0.15) is 5.26 Å². The average Bonchev–Trinajstić information content (AvgIpc) is 2.65. The van der Waals surface area contributed by atoms with E-state index in [0.29, 0.717) is 18.0 Å². The van der Waals surface area contributed by atoms with Crippen LogP contribution in [0, 0.1) is 22.7 Å². The molecule has 3 N–H and O–H groups in total. The van der Waals surface area contributed by atoms with Crippen molar-refractivity contribution in [2.75, 3.05) is 18.0 Å². The van der Waals surface area contributed by atoms with Gasteiger partial charge < -0.3 is 16.0 Å². The Morgan fingerprint density at radius 3 is 2.79 bits per heavy atom. The van der Waals surface area contributed by atoms with E-state index in [1.54, 1.807) is 6.20 Å². The van der Waals surface area contributed by atoms with Crippen LogP contribution in [0.2, 0.25) is 0 Å². The number of hydrogen-bond donors (Lipinski definition) is 2. The van der Waals surface area contributed by atoms with Crippen molar-refractivity contribution in [3.63, 3.8) is 0 Å². The van der Waals surface area contributed by atoms with Crippen LogP contribution in [-0.2, 0) is 4.79 Å². The molecule has 148 valence electrons. The summed E-state index contributed by atoms with van der Waals surface area (Å²) in [4.78, 5) is 19.3. The van der Waals surface area contributed by atoms with Crippen molar-refractivity contribution < 1.29 is 4.79 Å². The number of aromatic nitrogens is 1. The molecule has 1 aromatic heterocycles. The first-order valence-electron chi connectivity index (χ1n) is 9.79. The Morgan fingerprint density at radius 1 is 1.36 bits per heavy atom. The number of carbonyl (C=O) groups excluding carboxylic acids is 1. The number of pyridine rings is 1. The van der Waals surface area contributed by atoms with Crippen molar-refractivity contribution in [2.24, 2.45) is 17.1 Å². The Morgan fingerprint density at radius 2 is 2.11 bits per heavy atom. The van der Waals surface area contributed by atoms with Gasteiger partial charge in [-0.05, 0) is 42.0 Å². The Kier molecular flexibility index (Phi) is 5.57. The minimum Gasteiger partial charge on any atom is -0.369 e. The lowest BCUT2D eigenvalue weighted by Crippen LogP contribution is -2.56. The monoisotopic (exact) mass is 379 g/mol. The molecule has 0 saturated carbocycles. The van der Waals surface area contributed by atoms with Gasteiger partial charge in [-0.15, -0.1) is 0 Å². The summed E-state index contributed by atoms with van der Waals surface area (Å²) in [6.45, 7) is 9.73. The van der Waals surface area contributed by atoms with Gasteiger partial charge >= 0.3 is 0 Å². The number of anilines is 1. The fourth-order valence-corrected chi connectivity index (χ4v) is 3.86. The quantitative estimate of drug-likeness (QED) is 0.855. The standard InChI is InChI=1S/C22H29N5O/c1-14-10-16(26-21(28)20(24)22(2,3)4)13-27(12-14)18-8-7-15(11-23)19-17(18)6-5-9-25-19/h5-9,14,16,20H,10,12-13,24H2,1-4H3,(H,26,28)/t14-,16+,20+/m0/s1. The lowest BCUT2D eigenvalue weighted by molar-refractivity contribution is -0.125. The number of nitriles is 1. The summed E-state index contributed by atoms with van der Waals surface area (Å²) in [7, 11) is 0. The van der Waals surface area contributed by atoms with Crippen molar-refractivity contribution in [2.45, 2.75) is 46.2 Å². The second-order valence-electron chi connectivity index (χ2n) is 8.94. The molecule has 1 saturated heterocycles. The van der Waals surface area contributed by atoms with E-state index in [2.05, 4.69) is 28.2 Å². The summed E-state index contributed by atoms with van der Waals surface area (Å²) in [6.07, 6.45) is 2.63. The Labute approximate surface area is 166 Å². The molecule has 1 amide bonds. The molecular formula is C22H29N5O. The zero-order valence-electron chi connectivity index (χ0n) is 17.1. The van der Waals surface area contributed by atoms with E-state index in [0.717, 1.165) is 29.6 Å². The van der Waals surface area contributed by atoms with Gasteiger partial charge in [0.05, 0.1) is 17.1 Å². The fraction of sp³-hybridized carbons (Fsp3) is 0.500. The lowest BCUT2D eigenvalue weighted by atomic mass is 9.86. The highest BCUT2D eigenvalue weighted by molar-refractivity contribution is 5.95. The lowest BCUT2D eigenvalue weighted by Gasteiger charge is -2.39. The summed E-state index contributed by atoms with van der Waals surface area (Å²) >= 11 is 0. The molecule has 0 spiro atoms. The molecule has 3 rings (SSSR count).